The summed E-state index contributed by atoms with van der Waals surface area (Å²) in [5, 5.41) is 8.77. The Morgan fingerprint density at radius 3 is 2.45 bits per heavy atom. The van der Waals surface area contributed by atoms with Crippen molar-refractivity contribution in [1.82, 2.24) is 0 Å². The number of Topliss-reactive ketones (excluding diaryl/α,β-unsaturated/α-hetero) is 1. The predicted molar refractivity (Wildman–Crippen MR) is 34.7 cm³/mol. The molecule has 4 bridgehead atoms. The third kappa shape index (κ3) is 0.424. The SMILES string of the molecule is O=C(O)C1C2C3C[C@H]1C(=O)[C@@H]32. The molecule has 3 unspecified atom stereocenters. The Morgan fingerprint density at radius 1 is 1.55 bits per heavy atom. The summed E-state index contributed by atoms with van der Waals surface area (Å²) in [4.78, 5) is 21.9. The number of carbonyl (C=O) groups excluding carboxylic acids is 1. The first-order chi connectivity index (χ1) is 5.22. The monoisotopic (exact) mass is 152 g/mol. The smallest absolute Gasteiger partial charge is 0.307 e. The lowest BCUT2D eigenvalue weighted by molar-refractivity contribution is -0.144. The van der Waals surface area contributed by atoms with Crippen LogP contribution in [-0.2, 0) is 9.59 Å². The van der Waals surface area contributed by atoms with E-state index in [2.05, 4.69) is 0 Å². The largest absolute Gasteiger partial charge is 0.481 e. The number of carboxylic acid groups (broad SMARTS) is 1. The molecule has 5 atom stereocenters. The number of ketones is 1. The number of carbonyl (C=O) groups is 2. The first kappa shape index (κ1) is 5.75. The van der Waals surface area contributed by atoms with Gasteiger partial charge in [-0.1, -0.05) is 0 Å². The van der Waals surface area contributed by atoms with Gasteiger partial charge in [0.25, 0.3) is 0 Å². The van der Waals surface area contributed by atoms with Crippen LogP contribution >= 0.6 is 0 Å². The number of carboxylic acids is 1. The van der Waals surface area contributed by atoms with E-state index in [4.69, 9.17) is 5.11 Å². The Morgan fingerprint density at radius 2 is 2.27 bits per heavy atom. The highest BCUT2D eigenvalue weighted by molar-refractivity contribution is 5.98. The Hall–Kier alpha value is -0.860. The van der Waals surface area contributed by atoms with Crippen LogP contribution < -0.4 is 0 Å². The average molecular weight is 152 g/mol. The molecule has 0 aliphatic heterocycles. The Labute approximate surface area is 63.4 Å². The fourth-order valence-electron chi connectivity index (χ4n) is 3.18. The first-order valence-electron chi connectivity index (χ1n) is 3.98. The van der Waals surface area contributed by atoms with Crippen molar-refractivity contribution in [3.8, 4) is 0 Å². The minimum Gasteiger partial charge on any atom is -0.481 e. The first-order valence-corrected chi connectivity index (χ1v) is 3.98. The summed E-state index contributed by atoms with van der Waals surface area (Å²) in [5.74, 6) is -0.0482. The second kappa shape index (κ2) is 1.36. The van der Waals surface area contributed by atoms with Crippen molar-refractivity contribution in [1.29, 1.82) is 0 Å². The topological polar surface area (TPSA) is 54.4 Å². The third-order valence-electron chi connectivity index (χ3n) is 3.58. The fourth-order valence-corrected chi connectivity index (χ4v) is 3.18. The Kier molecular flexibility index (Phi) is 0.708. The molecule has 4 aliphatic rings. The molecule has 0 aromatic rings. The second-order valence-corrected chi connectivity index (χ2v) is 3.88. The predicted octanol–water partition coefficient (Wildman–Crippen LogP) is 0.152. The molecule has 0 heterocycles. The van der Waals surface area contributed by atoms with Gasteiger partial charge in [0.05, 0.1) is 5.92 Å². The van der Waals surface area contributed by atoms with Gasteiger partial charge in [-0.15, -0.1) is 0 Å². The Bertz CT molecular complexity index is 271. The van der Waals surface area contributed by atoms with Gasteiger partial charge < -0.3 is 5.11 Å². The molecule has 4 fully saturated rings. The van der Waals surface area contributed by atoms with E-state index in [-0.39, 0.29) is 29.5 Å². The van der Waals surface area contributed by atoms with Gasteiger partial charge >= 0.3 is 5.97 Å². The minimum absolute atomic E-state index is 0.104. The molecule has 3 nitrogen and oxygen atoms in total. The molecule has 0 saturated heterocycles. The molecule has 0 radical (unpaired) electrons. The summed E-state index contributed by atoms with van der Waals surface area (Å²) in [6.45, 7) is 0. The molecule has 4 saturated carbocycles. The summed E-state index contributed by atoms with van der Waals surface area (Å²) >= 11 is 0. The molecule has 0 amide bonds. The van der Waals surface area contributed by atoms with E-state index in [0.717, 1.165) is 6.42 Å². The summed E-state index contributed by atoms with van der Waals surface area (Å²) in [6, 6.07) is 0. The van der Waals surface area contributed by atoms with Gasteiger partial charge in [-0.2, -0.15) is 0 Å². The minimum atomic E-state index is -0.754. The maximum Gasteiger partial charge on any atom is 0.307 e. The van der Waals surface area contributed by atoms with Crippen molar-refractivity contribution in [3.63, 3.8) is 0 Å². The maximum absolute atomic E-state index is 11.2. The molecule has 0 aromatic carbocycles. The van der Waals surface area contributed by atoms with Crippen molar-refractivity contribution in [3.05, 3.63) is 0 Å². The molecule has 58 valence electrons. The van der Waals surface area contributed by atoms with Gasteiger partial charge in [-0.3, -0.25) is 9.59 Å². The van der Waals surface area contributed by atoms with Crippen LogP contribution in [0, 0.1) is 29.6 Å². The zero-order valence-electron chi connectivity index (χ0n) is 5.86. The molecule has 0 spiro atoms. The highest BCUT2D eigenvalue weighted by atomic mass is 16.4. The third-order valence-corrected chi connectivity index (χ3v) is 3.58. The normalized spacial score (nSPS) is 56.7. The van der Waals surface area contributed by atoms with Gasteiger partial charge in [-0.25, -0.2) is 0 Å². The summed E-state index contributed by atoms with van der Waals surface area (Å²) < 4.78 is 0. The van der Waals surface area contributed by atoms with E-state index in [9.17, 15) is 9.59 Å². The van der Waals surface area contributed by atoms with Crippen molar-refractivity contribution < 1.29 is 14.7 Å². The molecule has 11 heavy (non-hydrogen) atoms. The van der Waals surface area contributed by atoms with Crippen LogP contribution in [0.15, 0.2) is 0 Å². The van der Waals surface area contributed by atoms with Crippen LogP contribution in [0.1, 0.15) is 6.42 Å². The van der Waals surface area contributed by atoms with E-state index in [0.29, 0.717) is 5.92 Å². The van der Waals surface area contributed by atoms with Crippen molar-refractivity contribution in [2.45, 2.75) is 6.42 Å². The van der Waals surface area contributed by atoms with Gasteiger partial charge in [-0.05, 0) is 18.3 Å². The average Bonchev–Trinajstić information content (AvgIpc) is 2.33. The molecule has 1 N–H and O–H groups in total. The summed E-state index contributed by atoms with van der Waals surface area (Å²) in [5.41, 5.74) is 0. The lowest BCUT2D eigenvalue weighted by Crippen LogP contribution is -2.19. The van der Waals surface area contributed by atoms with Gasteiger partial charge in [0.1, 0.15) is 5.78 Å². The van der Waals surface area contributed by atoms with Crippen LogP contribution in [0.3, 0.4) is 0 Å². The van der Waals surface area contributed by atoms with Crippen LogP contribution in [0.25, 0.3) is 0 Å². The van der Waals surface area contributed by atoms with Crippen LogP contribution in [0.5, 0.6) is 0 Å². The van der Waals surface area contributed by atoms with Crippen LogP contribution in [-0.4, -0.2) is 16.9 Å². The zero-order valence-corrected chi connectivity index (χ0v) is 5.86. The molecule has 4 rings (SSSR count). The molecule has 4 aliphatic carbocycles. The van der Waals surface area contributed by atoms with Crippen LogP contribution in [0.2, 0.25) is 0 Å². The number of hydrogen-bond donors (Lipinski definition) is 1. The van der Waals surface area contributed by atoms with E-state index in [1.54, 1.807) is 0 Å². The summed E-state index contributed by atoms with van der Waals surface area (Å²) in [6.07, 6.45) is 0.866. The number of hydrogen-bond acceptors (Lipinski definition) is 2. The number of rotatable bonds is 1. The maximum atomic E-state index is 11.2. The highest BCUT2D eigenvalue weighted by Gasteiger charge is 2.75. The van der Waals surface area contributed by atoms with Gasteiger partial charge in [0, 0.05) is 11.8 Å². The lowest BCUT2D eigenvalue weighted by Gasteiger charge is -2.05. The van der Waals surface area contributed by atoms with Crippen molar-refractivity contribution in [2.24, 2.45) is 29.6 Å². The molecule has 3 heteroatoms. The highest BCUT2D eigenvalue weighted by Crippen LogP contribution is 2.71. The van der Waals surface area contributed by atoms with E-state index < -0.39 is 5.97 Å². The standard InChI is InChI=1S/C8H8O3/c9-7-3-1-2-4(5(2)7)6(3)8(10)11/h2-6H,1H2,(H,10,11)/t2?,3-,4?,5+,6?/m1/s1. The molecular formula is C8H8O3. The summed E-state index contributed by atoms with van der Waals surface area (Å²) in [7, 11) is 0. The van der Waals surface area contributed by atoms with Crippen molar-refractivity contribution >= 4 is 11.8 Å². The van der Waals surface area contributed by atoms with E-state index in [1.165, 1.54) is 0 Å². The fraction of sp³-hybridized carbons (Fsp3) is 0.750. The van der Waals surface area contributed by atoms with Gasteiger partial charge in [0.2, 0.25) is 0 Å². The van der Waals surface area contributed by atoms with Crippen LogP contribution in [0.4, 0.5) is 0 Å². The van der Waals surface area contributed by atoms with E-state index >= 15 is 0 Å². The Balaban J connectivity index is 2.03. The quantitative estimate of drug-likeness (QED) is 0.582. The lowest BCUT2D eigenvalue weighted by atomic mass is 9.98. The second-order valence-electron chi connectivity index (χ2n) is 3.88. The van der Waals surface area contributed by atoms with Crippen molar-refractivity contribution in [2.75, 3.05) is 0 Å². The van der Waals surface area contributed by atoms with Gasteiger partial charge in [0.15, 0.2) is 0 Å². The molecular weight excluding hydrogens is 144 g/mol. The van der Waals surface area contributed by atoms with E-state index in [1.807, 2.05) is 0 Å². The zero-order chi connectivity index (χ0) is 7.75. The molecule has 0 aromatic heterocycles. The number of aliphatic carboxylic acids is 1.